The van der Waals surface area contributed by atoms with E-state index in [2.05, 4.69) is 13.8 Å². The van der Waals surface area contributed by atoms with Crippen LogP contribution >= 0.6 is 0 Å². The summed E-state index contributed by atoms with van der Waals surface area (Å²) < 4.78 is 13.5. The second kappa shape index (κ2) is 20.0. The number of rotatable bonds is 21. The molecule has 0 aliphatic rings. The maximum Gasteiger partial charge on any atom is 0.181 e. The van der Waals surface area contributed by atoms with Gasteiger partial charge in [-0.3, -0.25) is 0 Å². The first kappa shape index (κ1) is 31.2. The van der Waals surface area contributed by atoms with Crippen molar-refractivity contribution in [2.24, 2.45) is 0 Å². The van der Waals surface area contributed by atoms with Crippen molar-refractivity contribution in [3.8, 4) is 11.5 Å². The number of unbranched alkanes of at least 4 members (excludes halogenated alkanes) is 9. The van der Waals surface area contributed by atoms with Crippen LogP contribution in [0.25, 0.3) is 0 Å². The first-order valence-electron chi connectivity index (χ1n) is 14.6. The summed E-state index contributed by atoms with van der Waals surface area (Å²) in [5, 5.41) is 24.4. The molecule has 6 heteroatoms. The molecule has 0 saturated heterocycles. The van der Waals surface area contributed by atoms with Crippen molar-refractivity contribution in [1.82, 2.24) is 0 Å². The average Bonchev–Trinajstić information content (AvgIpc) is 2.92. The number of benzene rings is 2. The lowest BCUT2D eigenvalue weighted by Gasteiger charge is -2.07. The van der Waals surface area contributed by atoms with Crippen LogP contribution in [0, 0.1) is 10.4 Å². The van der Waals surface area contributed by atoms with Crippen molar-refractivity contribution in [1.29, 1.82) is 0 Å². The molecule has 0 atom stereocenters. The van der Waals surface area contributed by atoms with Crippen LogP contribution < -0.4 is 9.47 Å². The first-order chi connectivity index (χ1) is 18.6. The van der Waals surface area contributed by atoms with E-state index in [0.29, 0.717) is 13.1 Å². The monoisotopic (exact) mass is 524 g/mol. The molecule has 0 aliphatic carbocycles. The summed E-state index contributed by atoms with van der Waals surface area (Å²) in [6.07, 6.45) is 16.2. The topological polar surface area (TPSA) is 70.6 Å². The fourth-order valence-corrected chi connectivity index (χ4v) is 4.09. The van der Waals surface area contributed by atoms with E-state index in [1.165, 1.54) is 38.5 Å². The quantitative estimate of drug-likeness (QED) is 0.0551. The molecule has 38 heavy (non-hydrogen) atoms. The predicted molar refractivity (Wildman–Crippen MR) is 158 cm³/mol. The van der Waals surface area contributed by atoms with Gasteiger partial charge in [-0.25, -0.2) is 9.48 Å². The zero-order chi connectivity index (χ0) is 27.3. The molecule has 0 amide bonds. The zero-order valence-electron chi connectivity index (χ0n) is 23.6. The molecule has 0 aliphatic heterocycles. The highest BCUT2D eigenvalue weighted by molar-refractivity contribution is 5.76. The first-order valence-corrected chi connectivity index (χ1v) is 14.6. The largest absolute Gasteiger partial charge is 0.624 e. The van der Waals surface area contributed by atoms with Gasteiger partial charge in [0.1, 0.15) is 11.5 Å². The maximum absolute atomic E-state index is 12.2. The lowest BCUT2D eigenvalue weighted by atomic mass is 10.2. The second-order valence-electron chi connectivity index (χ2n) is 9.91. The molecule has 0 aromatic heterocycles. The Morgan fingerprint density at radius 1 is 0.526 bits per heavy atom. The van der Waals surface area contributed by atoms with Gasteiger partial charge >= 0.3 is 0 Å². The van der Waals surface area contributed by atoms with Gasteiger partial charge in [-0.15, -0.1) is 0 Å². The molecular weight excluding hydrogens is 476 g/mol. The third kappa shape index (κ3) is 14.7. The zero-order valence-corrected chi connectivity index (χ0v) is 23.6. The highest BCUT2D eigenvalue weighted by Crippen LogP contribution is 2.13. The predicted octanol–water partition coefficient (Wildman–Crippen LogP) is 7.72. The van der Waals surface area contributed by atoms with Gasteiger partial charge in [0.15, 0.2) is 25.5 Å². The molecule has 6 nitrogen and oxygen atoms in total. The number of nitrogens with zero attached hydrogens (tertiary/aromatic N) is 2. The van der Waals surface area contributed by atoms with Crippen molar-refractivity contribution in [3.05, 3.63) is 70.1 Å². The van der Waals surface area contributed by atoms with E-state index in [1.54, 1.807) is 12.4 Å². The van der Waals surface area contributed by atoms with Gasteiger partial charge in [0, 0.05) is 24.0 Å². The molecule has 2 aromatic carbocycles. The van der Waals surface area contributed by atoms with E-state index in [-0.39, 0.29) is 0 Å². The Morgan fingerprint density at radius 2 is 0.895 bits per heavy atom. The molecule has 0 heterocycles. The summed E-state index contributed by atoms with van der Waals surface area (Å²) in [7, 11) is 0. The van der Waals surface area contributed by atoms with Crippen LogP contribution in [0.15, 0.2) is 48.5 Å². The van der Waals surface area contributed by atoms with Gasteiger partial charge in [0.2, 0.25) is 0 Å². The molecule has 0 bridgehead atoms. The number of hydroxylamine groups is 2. The minimum atomic E-state index is 0.454. The second-order valence-corrected chi connectivity index (χ2v) is 9.91. The molecule has 0 saturated carbocycles. The molecule has 0 unspecified atom stereocenters. The Morgan fingerprint density at radius 3 is 1.26 bits per heavy atom. The highest BCUT2D eigenvalue weighted by atomic mass is 16.5. The summed E-state index contributed by atoms with van der Waals surface area (Å²) >= 11 is 0. The fraction of sp³-hybridized carbons (Fsp3) is 0.562. The van der Waals surface area contributed by atoms with E-state index in [9.17, 15) is 10.4 Å². The van der Waals surface area contributed by atoms with Gasteiger partial charge in [-0.05, 0) is 74.2 Å². The van der Waals surface area contributed by atoms with Crippen molar-refractivity contribution in [2.75, 3.05) is 26.3 Å². The molecule has 2 aromatic rings. The molecule has 2 rings (SSSR count). The van der Waals surface area contributed by atoms with Crippen LogP contribution in [-0.2, 0) is 0 Å². The van der Waals surface area contributed by atoms with E-state index >= 15 is 0 Å². The normalized spacial score (nSPS) is 12.1. The Balaban J connectivity index is 1.58. The third-order valence-corrected chi connectivity index (χ3v) is 6.39. The van der Waals surface area contributed by atoms with Crippen molar-refractivity contribution in [2.45, 2.75) is 90.9 Å². The minimum Gasteiger partial charge on any atom is -0.624 e. The number of hydrogen-bond acceptors (Lipinski definition) is 4. The van der Waals surface area contributed by atoms with E-state index < -0.39 is 0 Å². The van der Waals surface area contributed by atoms with Crippen LogP contribution in [0.5, 0.6) is 11.5 Å². The fourth-order valence-electron chi connectivity index (χ4n) is 4.09. The maximum atomic E-state index is 12.2. The van der Waals surface area contributed by atoms with Crippen molar-refractivity contribution < 1.29 is 19.0 Å². The van der Waals surface area contributed by atoms with Crippen molar-refractivity contribution >= 4 is 12.4 Å². The van der Waals surface area contributed by atoms with Crippen LogP contribution in [0.1, 0.15) is 102 Å². The lowest BCUT2D eigenvalue weighted by Crippen LogP contribution is -2.09. The molecule has 0 N–H and O–H groups in total. The summed E-state index contributed by atoms with van der Waals surface area (Å²) in [5.41, 5.74) is 1.75. The van der Waals surface area contributed by atoms with Crippen molar-refractivity contribution in [3.63, 3.8) is 0 Å². The molecule has 0 radical (unpaired) electrons. The summed E-state index contributed by atoms with van der Waals surface area (Å²) in [4.78, 5) is 0. The van der Waals surface area contributed by atoms with Crippen LogP contribution in [0.3, 0.4) is 0 Å². The highest BCUT2D eigenvalue weighted by Gasteiger charge is 2.02. The van der Waals surface area contributed by atoms with Crippen LogP contribution in [-0.4, -0.2) is 48.2 Å². The van der Waals surface area contributed by atoms with E-state index in [1.807, 2.05) is 48.5 Å². The number of hydrogen-bond donors (Lipinski definition) is 0. The van der Waals surface area contributed by atoms with E-state index in [4.69, 9.17) is 9.47 Å². The Kier molecular flexibility index (Phi) is 16.4. The van der Waals surface area contributed by atoms with Crippen LogP contribution in [0.4, 0.5) is 0 Å². The Bertz CT molecular complexity index is 846. The molecular formula is C32H48N2O4. The van der Waals surface area contributed by atoms with Gasteiger partial charge in [0.25, 0.3) is 0 Å². The SMILES string of the molecule is CCCCCCOc1ccc(/C=[N+](\[O-])CCCCCC/[N+]([O-])=C/c2ccc(OCCCCCC)cc2)cc1. The Labute approximate surface area is 230 Å². The summed E-state index contributed by atoms with van der Waals surface area (Å²) in [5.74, 6) is 1.69. The minimum absolute atomic E-state index is 0.454. The summed E-state index contributed by atoms with van der Waals surface area (Å²) in [6.45, 7) is 6.78. The molecule has 0 fully saturated rings. The lowest BCUT2D eigenvalue weighted by molar-refractivity contribution is -0.455. The smallest absolute Gasteiger partial charge is 0.181 e. The van der Waals surface area contributed by atoms with Gasteiger partial charge < -0.3 is 19.9 Å². The van der Waals surface area contributed by atoms with E-state index in [0.717, 1.165) is 83.8 Å². The average molecular weight is 525 g/mol. The van der Waals surface area contributed by atoms with Crippen LogP contribution in [0.2, 0.25) is 0 Å². The Hall–Kier alpha value is -3.02. The third-order valence-electron chi connectivity index (χ3n) is 6.39. The van der Waals surface area contributed by atoms with Gasteiger partial charge in [-0.1, -0.05) is 52.4 Å². The summed E-state index contributed by atoms with van der Waals surface area (Å²) in [6, 6.07) is 15.3. The molecule has 0 spiro atoms. The number of ether oxygens (including phenoxy) is 2. The van der Waals surface area contributed by atoms with Gasteiger partial charge in [-0.2, -0.15) is 0 Å². The van der Waals surface area contributed by atoms with Gasteiger partial charge in [0.05, 0.1) is 13.2 Å². The standard InChI is InChI=1S/C32H48N2O4/c1-3-5-7-13-25-37-31-19-15-29(16-20-31)27-33(35)23-11-9-10-12-24-34(36)28-30-17-21-32(22-18-30)38-26-14-8-6-4-2/h15-22,27-28H,3-14,23-26H2,1-2H3/b33-27-,34-28-. The molecule has 210 valence electrons.